The molecule has 1 fully saturated rings. The molecule has 4 nitrogen and oxygen atoms in total. The van der Waals surface area contributed by atoms with Crippen LogP contribution < -0.4 is 10.6 Å². The summed E-state index contributed by atoms with van der Waals surface area (Å²) in [6.07, 6.45) is 5.06. The zero-order chi connectivity index (χ0) is 18.1. The second-order valence-electron chi connectivity index (χ2n) is 6.39. The molecule has 4 rings (SSSR count). The summed E-state index contributed by atoms with van der Waals surface area (Å²) in [5, 5.41) is 7.51. The molecule has 1 amide bonds. The van der Waals surface area contributed by atoms with E-state index in [4.69, 9.17) is 0 Å². The number of hydrogen-bond donors (Lipinski definition) is 2. The summed E-state index contributed by atoms with van der Waals surface area (Å²) >= 11 is 1.52. The molecule has 2 heterocycles. The third kappa shape index (κ3) is 3.22. The Balaban J connectivity index is 1.54. The molecule has 26 heavy (non-hydrogen) atoms. The number of carbonyl (C=O) groups excluding carboxylic acids is 1. The number of carbonyl (C=O) groups is 1. The van der Waals surface area contributed by atoms with Crippen molar-refractivity contribution < 1.29 is 4.79 Å². The summed E-state index contributed by atoms with van der Waals surface area (Å²) in [6, 6.07) is 16.5. The van der Waals surface area contributed by atoms with Gasteiger partial charge >= 0.3 is 0 Å². The van der Waals surface area contributed by atoms with E-state index in [0.717, 1.165) is 33.5 Å². The lowest BCUT2D eigenvalue weighted by Crippen LogP contribution is -2.30. The minimum Gasteiger partial charge on any atom is -0.357 e. The van der Waals surface area contributed by atoms with Crippen LogP contribution in [0.25, 0.3) is 17.0 Å². The smallest absolute Gasteiger partial charge is 0.260 e. The summed E-state index contributed by atoms with van der Waals surface area (Å²) < 4.78 is 2.09. The normalized spacial score (nSPS) is 18.5. The molecule has 0 aliphatic carbocycles. The monoisotopic (exact) mass is 363 g/mol. The Morgan fingerprint density at radius 3 is 2.73 bits per heavy atom. The number of aryl methyl sites for hydroxylation is 2. The molecular formula is C21H21N3OS. The quantitative estimate of drug-likeness (QED) is 0.678. The van der Waals surface area contributed by atoms with E-state index < -0.39 is 0 Å². The molecule has 3 aromatic rings. The predicted molar refractivity (Wildman–Crippen MR) is 110 cm³/mol. The number of thioether (sulfide) groups is 1. The van der Waals surface area contributed by atoms with Crippen LogP contribution in [0.5, 0.6) is 0 Å². The van der Waals surface area contributed by atoms with Gasteiger partial charge in [0.2, 0.25) is 0 Å². The lowest BCUT2D eigenvalue weighted by Gasteiger charge is -2.12. The molecule has 1 aromatic heterocycles. The summed E-state index contributed by atoms with van der Waals surface area (Å²) in [6.45, 7) is 2.14. The molecular weight excluding hydrogens is 342 g/mol. The fourth-order valence-electron chi connectivity index (χ4n) is 3.18. The molecule has 2 aromatic carbocycles. The lowest BCUT2D eigenvalue weighted by atomic mass is 10.1. The second kappa shape index (κ2) is 6.92. The van der Waals surface area contributed by atoms with E-state index in [2.05, 4.69) is 64.7 Å². The highest BCUT2D eigenvalue weighted by Gasteiger charge is 2.27. The number of anilines is 1. The van der Waals surface area contributed by atoms with Crippen LogP contribution in [0.3, 0.4) is 0 Å². The number of para-hydroxylation sites is 1. The van der Waals surface area contributed by atoms with Crippen LogP contribution in [0.15, 0.2) is 59.6 Å². The SMILES string of the molecule is CCc1ccc(NC2NC(=O)C(=Cc3cn(C)c4ccccc34)S2)cc1. The fraction of sp³-hybridized carbons (Fsp3) is 0.190. The lowest BCUT2D eigenvalue weighted by molar-refractivity contribution is -0.116. The maximum Gasteiger partial charge on any atom is 0.260 e. The number of fused-ring (bicyclic) bond motifs is 1. The van der Waals surface area contributed by atoms with Crippen LogP contribution in [0.1, 0.15) is 18.1 Å². The Bertz CT molecular complexity index is 988. The van der Waals surface area contributed by atoms with Crippen molar-refractivity contribution in [1.29, 1.82) is 0 Å². The topological polar surface area (TPSA) is 46.1 Å². The van der Waals surface area contributed by atoms with Gasteiger partial charge in [-0.2, -0.15) is 0 Å². The maximum absolute atomic E-state index is 12.4. The molecule has 1 saturated heterocycles. The van der Waals surface area contributed by atoms with E-state index >= 15 is 0 Å². The number of aromatic nitrogens is 1. The third-order valence-electron chi connectivity index (χ3n) is 4.61. The Hall–Kier alpha value is -2.66. The van der Waals surface area contributed by atoms with E-state index in [1.165, 1.54) is 17.3 Å². The molecule has 1 aliphatic heterocycles. The Morgan fingerprint density at radius 1 is 1.19 bits per heavy atom. The zero-order valence-corrected chi connectivity index (χ0v) is 15.6. The van der Waals surface area contributed by atoms with Gasteiger partial charge < -0.3 is 15.2 Å². The molecule has 1 unspecified atom stereocenters. The number of amides is 1. The Labute approximate surface area is 157 Å². The van der Waals surface area contributed by atoms with Crippen LogP contribution >= 0.6 is 11.8 Å². The predicted octanol–water partition coefficient (Wildman–Crippen LogP) is 4.34. The van der Waals surface area contributed by atoms with Crippen molar-refractivity contribution in [3.63, 3.8) is 0 Å². The van der Waals surface area contributed by atoms with Gasteiger partial charge in [-0.15, -0.1) is 0 Å². The Kier molecular flexibility index (Phi) is 4.47. The third-order valence-corrected chi connectivity index (χ3v) is 5.63. The summed E-state index contributed by atoms with van der Waals surface area (Å²) in [5.41, 5.74) is 4.37. The van der Waals surface area contributed by atoms with Gasteiger partial charge in [0.05, 0.1) is 4.91 Å². The number of nitrogens with zero attached hydrogens (tertiary/aromatic N) is 1. The van der Waals surface area contributed by atoms with Crippen LogP contribution in [0.2, 0.25) is 0 Å². The van der Waals surface area contributed by atoms with Crippen molar-refractivity contribution in [1.82, 2.24) is 9.88 Å². The van der Waals surface area contributed by atoms with Gasteiger partial charge in [-0.05, 0) is 36.3 Å². The molecule has 1 aliphatic rings. The van der Waals surface area contributed by atoms with Gasteiger partial charge in [-0.1, -0.05) is 49.0 Å². The van der Waals surface area contributed by atoms with Crippen molar-refractivity contribution in [3.8, 4) is 0 Å². The van der Waals surface area contributed by atoms with E-state index in [9.17, 15) is 4.79 Å². The summed E-state index contributed by atoms with van der Waals surface area (Å²) in [7, 11) is 2.02. The van der Waals surface area contributed by atoms with Gasteiger partial charge in [0.1, 0.15) is 0 Å². The van der Waals surface area contributed by atoms with E-state index in [1.807, 2.05) is 25.3 Å². The molecule has 0 spiro atoms. The molecule has 0 bridgehead atoms. The van der Waals surface area contributed by atoms with Crippen molar-refractivity contribution >= 4 is 40.3 Å². The molecule has 2 N–H and O–H groups in total. The summed E-state index contributed by atoms with van der Waals surface area (Å²) in [4.78, 5) is 13.1. The van der Waals surface area contributed by atoms with Crippen LogP contribution in [0, 0.1) is 0 Å². The number of benzene rings is 2. The molecule has 0 saturated carbocycles. The fourth-order valence-corrected chi connectivity index (χ4v) is 4.16. The van der Waals surface area contributed by atoms with Crippen LogP contribution in [0.4, 0.5) is 5.69 Å². The van der Waals surface area contributed by atoms with Gasteiger partial charge in [0, 0.05) is 35.4 Å². The largest absolute Gasteiger partial charge is 0.357 e. The first-order chi connectivity index (χ1) is 12.6. The zero-order valence-electron chi connectivity index (χ0n) is 14.8. The van der Waals surface area contributed by atoms with Crippen molar-refractivity contribution in [2.75, 3.05) is 5.32 Å². The van der Waals surface area contributed by atoms with E-state index in [1.54, 1.807) is 0 Å². The molecule has 1 atom stereocenters. The number of rotatable bonds is 4. The minimum atomic E-state index is -0.156. The van der Waals surface area contributed by atoms with Gasteiger partial charge in [-0.25, -0.2) is 0 Å². The maximum atomic E-state index is 12.4. The second-order valence-corrected chi connectivity index (χ2v) is 7.53. The highest BCUT2D eigenvalue weighted by atomic mass is 32.2. The Morgan fingerprint density at radius 2 is 1.96 bits per heavy atom. The van der Waals surface area contributed by atoms with E-state index in [-0.39, 0.29) is 11.4 Å². The van der Waals surface area contributed by atoms with Gasteiger partial charge in [0.25, 0.3) is 5.91 Å². The van der Waals surface area contributed by atoms with Gasteiger partial charge in [0.15, 0.2) is 5.50 Å². The highest BCUT2D eigenvalue weighted by molar-refractivity contribution is 8.05. The molecule has 132 valence electrons. The average Bonchev–Trinajstić information content (AvgIpc) is 3.16. The summed E-state index contributed by atoms with van der Waals surface area (Å²) in [5.74, 6) is -0.0365. The van der Waals surface area contributed by atoms with Crippen LogP contribution in [-0.4, -0.2) is 16.0 Å². The van der Waals surface area contributed by atoms with Crippen molar-refractivity contribution in [3.05, 3.63) is 70.8 Å². The van der Waals surface area contributed by atoms with Gasteiger partial charge in [-0.3, -0.25) is 4.79 Å². The van der Waals surface area contributed by atoms with Crippen LogP contribution in [-0.2, 0) is 18.3 Å². The molecule has 5 heteroatoms. The standard InChI is InChI=1S/C21H21N3OS/c1-3-14-8-10-16(11-9-14)22-21-23-20(25)19(26-21)12-15-13-24(2)18-7-5-4-6-17(15)18/h4-13,21-22H,3H2,1-2H3,(H,23,25). The van der Waals surface area contributed by atoms with Crippen molar-refractivity contribution in [2.45, 2.75) is 18.8 Å². The highest BCUT2D eigenvalue weighted by Crippen LogP contribution is 2.32. The first-order valence-electron chi connectivity index (χ1n) is 8.73. The number of hydrogen-bond acceptors (Lipinski definition) is 3. The first kappa shape index (κ1) is 16.8. The van der Waals surface area contributed by atoms with Crippen molar-refractivity contribution in [2.24, 2.45) is 7.05 Å². The first-order valence-corrected chi connectivity index (χ1v) is 9.61. The minimum absolute atomic E-state index is 0.0365. The molecule has 0 radical (unpaired) electrons. The van der Waals surface area contributed by atoms with E-state index in [0.29, 0.717) is 0 Å². The number of nitrogens with one attached hydrogen (secondary N) is 2. The average molecular weight is 363 g/mol.